The van der Waals surface area contributed by atoms with E-state index >= 15 is 0 Å². The van der Waals surface area contributed by atoms with Crippen LogP contribution in [0.3, 0.4) is 0 Å². The van der Waals surface area contributed by atoms with Gasteiger partial charge in [0.25, 0.3) is 0 Å². The van der Waals surface area contributed by atoms with E-state index in [1.165, 1.54) is 13.1 Å². The second-order valence-electron chi connectivity index (χ2n) is 9.42. The molecule has 0 N–H and O–H groups in total. The average Bonchev–Trinajstić information content (AvgIpc) is 2.57. The summed E-state index contributed by atoms with van der Waals surface area (Å²) in [5, 5.41) is 0. The number of hydrogen-bond acceptors (Lipinski definition) is 4. The molecule has 1 amide bonds. The van der Waals surface area contributed by atoms with E-state index in [1.807, 2.05) is 4.90 Å². The van der Waals surface area contributed by atoms with Crippen molar-refractivity contribution in [1.82, 2.24) is 14.7 Å². The predicted octanol–water partition coefficient (Wildman–Crippen LogP) is 2.02. The number of carbonyl (C=O) groups is 1. The second-order valence-corrected chi connectivity index (χ2v) is 9.42. The molecular formula is C17H31N3O2. The average molecular weight is 309 g/mol. The minimum Gasteiger partial charge on any atom is -0.438 e. The minimum atomic E-state index is -0.238. The fraction of sp³-hybridized carbons (Fsp3) is 0.941. The molecule has 126 valence electrons. The van der Waals surface area contributed by atoms with E-state index in [0.29, 0.717) is 5.54 Å². The molecule has 3 saturated heterocycles. The van der Waals surface area contributed by atoms with Crippen molar-refractivity contribution < 1.29 is 9.53 Å². The van der Waals surface area contributed by atoms with Gasteiger partial charge in [-0.25, -0.2) is 4.79 Å². The Balaban J connectivity index is 1.45. The monoisotopic (exact) mass is 309 g/mol. The molecule has 3 heterocycles. The SMILES string of the molecule is CC(C)(C)N1CC(CN2CC3(C2)CN(C(C)(C)C)C(=O)O3)C1. The van der Waals surface area contributed by atoms with Crippen molar-refractivity contribution in [3.63, 3.8) is 0 Å². The lowest BCUT2D eigenvalue weighted by molar-refractivity contribution is -0.0954. The molecule has 0 aliphatic carbocycles. The predicted molar refractivity (Wildman–Crippen MR) is 86.9 cm³/mol. The maximum absolute atomic E-state index is 12.1. The Morgan fingerprint density at radius 2 is 1.64 bits per heavy atom. The summed E-state index contributed by atoms with van der Waals surface area (Å²) in [4.78, 5) is 18.9. The summed E-state index contributed by atoms with van der Waals surface area (Å²) in [7, 11) is 0. The van der Waals surface area contributed by atoms with Crippen LogP contribution in [0.15, 0.2) is 0 Å². The van der Waals surface area contributed by atoms with Crippen LogP contribution in [-0.4, -0.2) is 76.7 Å². The van der Waals surface area contributed by atoms with E-state index in [9.17, 15) is 4.79 Å². The van der Waals surface area contributed by atoms with E-state index in [4.69, 9.17) is 4.74 Å². The maximum Gasteiger partial charge on any atom is 0.411 e. The standard InChI is InChI=1S/C17H31N3O2/c1-15(2,3)19-8-13(9-19)7-18-10-17(11-18)12-20(14(21)22-17)16(4,5)6/h13H,7-12H2,1-6H3. The molecule has 3 aliphatic heterocycles. The molecular weight excluding hydrogens is 278 g/mol. The molecule has 0 atom stereocenters. The van der Waals surface area contributed by atoms with Gasteiger partial charge in [0.1, 0.15) is 0 Å². The molecule has 0 bridgehead atoms. The summed E-state index contributed by atoms with van der Waals surface area (Å²) in [5.41, 5.74) is -0.0964. The highest BCUT2D eigenvalue weighted by Crippen LogP contribution is 2.37. The van der Waals surface area contributed by atoms with Gasteiger partial charge in [-0.1, -0.05) is 0 Å². The van der Waals surface area contributed by atoms with Gasteiger partial charge >= 0.3 is 6.09 Å². The molecule has 0 aromatic rings. The summed E-state index contributed by atoms with van der Waals surface area (Å²) >= 11 is 0. The zero-order valence-corrected chi connectivity index (χ0v) is 15.0. The summed E-state index contributed by atoms with van der Waals surface area (Å²) in [6.07, 6.45) is -0.144. The molecule has 22 heavy (non-hydrogen) atoms. The molecule has 0 aromatic heterocycles. The topological polar surface area (TPSA) is 36.0 Å². The first-order valence-corrected chi connectivity index (χ1v) is 8.47. The van der Waals surface area contributed by atoms with Crippen LogP contribution in [-0.2, 0) is 4.74 Å². The fourth-order valence-electron chi connectivity index (χ4n) is 3.80. The van der Waals surface area contributed by atoms with Gasteiger partial charge in [-0.3, -0.25) is 14.7 Å². The van der Waals surface area contributed by atoms with E-state index < -0.39 is 0 Å². The second kappa shape index (κ2) is 4.84. The van der Waals surface area contributed by atoms with Crippen LogP contribution in [0.2, 0.25) is 0 Å². The van der Waals surface area contributed by atoms with Crippen molar-refractivity contribution in [2.24, 2.45) is 5.92 Å². The normalized spacial score (nSPS) is 27.0. The summed E-state index contributed by atoms with van der Waals surface area (Å²) < 4.78 is 5.70. The summed E-state index contributed by atoms with van der Waals surface area (Å²) in [6, 6.07) is 0. The zero-order valence-electron chi connectivity index (χ0n) is 15.0. The Morgan fingerprint density at radius 3 is 2.09 bits per heavy atom. The van der Waals surface area contributed by atoms with Crippen LogP contribution >= 0.6 is 0 Å². The number of likely N-dealkylation sites (tertiary alicyclic amines) is 2. The summed E-state index contributed by atoms with van der Waals surface area (Å²) in [6.45, 7) is 19.1. The molecule has 3 fully saturated rings. The lowest BCUT2D eigenvalue weighted by Crippen LogP contribution is -2.67. The van der Waals surface area contributed by atoms with Gasteiger partial charge in [0.2, 0.25) is 0 Å². The van der Waals surface area contributed by atoms with Crippen molar-refractivity contribution in [3.8, 4) is 0 Å². The molecule has 0 unspecified atom stereocenters. The van der Waals surface area contributed by atoms with Gasteiger partial charge < -0.3 is 4.74 Å². The zero-order chi connectivity index (χ0) is 16.3. The summed E-state index contributed by atoms with van der Waals surface area (Å²) in [5.74, 6) is 0.771. The van der Waals surface area contributed by atoms with E-state index in [0.717, 1.165) is 32.1 Å². The molecule has 5 heteroatoms. The first kappa shape index (κ1) is 16.1. The number of ether oxygens (including phenoxy) is 1. The number of nitrogens with zero attached hydrogens (tertiary/aromatic N) is 3. The highest BCUT2D eigenvalue weighted by molar-refractivity contribution is 5.72. The third kappa shape index (κ3) is 2.85. The van der Waals surface area contributed by atoms with E-state index in [1.54, 1.807) is 0 Å². The van der Waals surface area contributed by atoms with Crippen molar-refractivity contribution in [1.29, 1.82) is 0 Å². The lowest BCUT2D eigenvalue weighted by atomic mass is 9.88. The van der Waals surface area contributed by atoms with Crippen molar-refractivity contribution in [2.45, 2.75) is 58.2 Å². The van der Waals surface area contributed by atoms with Gasteiger partial charge in [-0.05, 0) is 47.5 Å². The van der Waals surface area contributed by atoms with Crippen LogP contribution in [0.4, 0.5) is 4.79 Å². The van der Waals surface area contributed by atoms with E-state index in [2.05, 4.69) is 51.3 Å². The molecule has 0 radical (unpaired) electrons. The van der Waals surface area contributed by atoms with Crippen LogP contribution < -0.4 is 0 Å². The van der Waals surface area contributed by atoms with Gasteiger partial charge in [-0.15, -0.1) is 0 Å². The molecule has 3 rings (SSSR count). The van der Waals surface area contributed by atoms with E-state index in [-0.39, 0.29) is 17.2 Å². The lowest BCUT2D eigenvalue weighted by Gasteiger charge is -2.52. The molecule has 3 aliphatic rings. The number of hydrogen-bond donors (Lipinski definition) is 0. The smallest absolute Gasteiger partial charge is 0.411 e. The van der Waals surface area contributed by atoms with Gasteiger partial charge in [0, 0.05) is 43.8 Å². The fourth-order valence-corrected chi connectivity index (χ4v) is 3.80. The van der Waals surface area contributed by atoms with Gasteiger partial charge in [-0.2, -0.15) is 0 Å². The van der Waals surface area contributed by atoms with Gasteiger partial charge in [0.15, 0.2) is 5.60 Å². The number of amides is 1. The van der Waals surface area contributed by atoms with Gasteiger partial charge in [0.05, 0.1) is 6.54 Å². The third-order valence-corrected chi connectivity index (χ3v) is 5.23. The van der Waals surface area contributed by atoms with Crippen LogP contribution in [0.1, 0.15) is 41.5 Å². The quantitative estimate of drug-likeness (QED) is 0.782. The minimum absolute atomic E-state index is 0.144. The Morgan fingerprint density at radius 1 is 1.05 bits per heavy atom. The first-order valence-electron chi connectivity index (χ1n) is 8.47. The molecule has 1 spiro atoms. The Labute approximate surface area is 134 Å². The van der Waals surface area contributed by atoms with Crippen LogP contribution in [0, 0.1) is 5.92 Å². The molecule has 0 aromatic carbocycles. The highest BCUT2D eigenvalue weighted by atomic mass is 16.6. The number of carbonyl (C=O) groups excluding carboxylic acids is 1. The first-order chi connectivity index (χ1) is 9.98. The van der Waals surface area contributed by atoms with Crippen LogP contribution in [0.25, 0.3) is 0 Å². The van der Waals surface area contributed by atoms with Crippen LogP contribution in [0.5, 0.6) is 0 Å². The van der Waals surface area contributed by atoms with Crippen molar-refractivity contribution >= 4 is 6.09 Å². The largest absolute Gasteiger partial charge is 0.438 e. The third-order valence-electron chi connectivity index (χ3n) is 5.23. The maximum atomic E-state index is 12.1. The Bertz CT molecular complexity index is 452. The van der Waals surface area contributed by atoms with Crippen molar-refractivity contribution in [2.75, 3.05) is 39.3 Å². The molecule has 5 nitrogen and oxygen atoms in total. The Hall–Kier alpha value is -0.810. The number of rotatable bonds is 2. The highest BCUT2D eigenvalue weighted by Gasteiger charge is 2.55. The molecule has 0 saturated carbocycles. The van der Waals surface area contributed by atoms with Crippen molar-refractivity contribution in [3.05, 3.63) is 0 Å². The Kier molecular flexibility index (Phi) is 3.53.